The molecule has 6 heteroatoms. The van der Waals surface area contributed by atoms with Gasteiger partial charge in [-0.3, -0.25) is 4.79 Å². The monoisotopic (exact) mass is 368 g/mol. The Morgan fingerprint density at radius 3 is 2.59 bits per heavy atom. The minimum Gasteiger partial charge on any atom is -0.497 e. The lowest BCUT2D eigenvalue weighted by Crippen LogP contribution is -2.45. The smallest absolute Gasteiger partial charge is 0.231 e. The van der Waals surface area contributed by atoms with E-state index in [4.69, 9.17) is 4.74 Å². The van der Waals surface area contributed by atoms with Crippen LogP contribution in [0.1, 0.15) is 62.9 Å². The van der Waals surface area contributed by atoms with Crippen molar-refractivity contribution in [1.29, 1.82) is 0 Å². The number of rotatable bonds is 7. The second-order valence-electron chi connectivity index (χ2n) is 7.74. The van der Waals surface area contributed by atoms with Gasteiger partial charge in [-0.05, 0) is 56.2 Å². The van der Waals surface area contributed by atoms with Crippen molar-refractivity contribution in [2.75, 3.05) is 7.11 Å². The predicted octanol–water partition coefficient (Wildman–Crippen LogP) is 3.39. The van der Waals surface area contributed by atoms with E-state index in [1.165, 1.54) is 0 Å². The van der Waals surface area contributed by atoms with Crippen LogP contribution < -0.4 is 10.1 Å². The highest BCUT2D eigenvalue weighted by Crippen LogP contribution is 2.45. The summed E-state index contributed by atoms with van der Waals surface area (Å²) >= 11 is 0. The Bertz CT molecular complexity index is 789. The van der Waals surface area contributed by atoms with Gasteiger partial charge in [0.1, 0.15) is 17.9 Å². The van der Waals surface area contributed by atoms with Crippen molar-refractivity contribution in [1.82, 2.24) is 20.1 Å². The van der Waals surface area contributed by atoms with Gasteiger partial charge in [-0.2, -0.15) is 5.10 Å². The van der Waals surface area contributed by atoms with Crippen LogP contribution in [0.4, 0.5) is 0 Å². The molecule has 144 valence electrons. The molecule has 2 aromatic rings. The molecule has 1 N–H and O–H groups in total. The average molecular weight is 368 g/mol. The summed E-state index contributed by atoms with van der Waals surface area (Å²) in [7, 11) is 1.66. The van der Waals surface area contributed by atoms with Crippen LogP contribution in [0, 0.1) is 5.92 Å². The molecular formula is C21H28N4O2. The Kier molecular flexibility index (Phi) is 4.89. The first kappa shape index (κ1) is 18.0. The van der Waals surface area contributed by atoms with E-state index in [0.717, 1.165) is 62.2 Å². The Hall–Kier alpha value is -2.37. The number of carbonyl (C=O) groups excluding carboxylic acids is 1. The maximum atomic E-state index is 13.6. The number of methoxy groups -OCH3 is 1. The molecule has 2 saturated carbocycles. The zero-order valence-electron chi connectivity index (χ0n) is 16.1. The quantitative estimate of drug-likeness (QED) is 0.813. The maximum Gasteiger partial charge on any atom is 0.231 e. The van der Waals surface area contributed by atoms with Crippen molar-refractivity contribution >= 4 is 5.91 Å². The van der Waals surface area contributed by atoms with Crippen molar-refractivity contribution in [3.8, 4) is 5.75 Å². The molecular weight excluding hydrogens is 340 g/mol. The largest absolute Gasteiger partial charge is 0.497 e. The molecule has 1 heterocycles. The summed E-state index contributed by atoms with van der Waals surface area (Å²) in [4.78, 5) is 18.0. The van der Waals surface area contributed by atoms with E-state index in [0.29, 0.717) is 5.92 Å². The van der Waals surface area contributed by atoms with Gasteiger partial charge in [0.05, 0.1) is 18.6 Å². The van der Waals surface area contributed by atoms with Gasteiger partial charge >= 0.3 is 0 Å². The van der Waals surface area contributed by atoms with Crippen molar-refractivity contribution in [3.05, 3.63) is 42.0 Å². The first-order valence-corrected chi connectivity index (χ1v) is 10.0. The van der Waals surface area contributed by atoms with Crippen LogP contribution in [0.2, 0.25) is 0 Å². The van der Waals surface area contributed by atoms with Gasteiger partial charge in [0.25, 0.3) is 0 Å². The summed E-state index contributed by atoms with van der Waals surface area (Å²) in [5, 5.41) is 7.68. The number of aromatic nitrogens is 3. The number of benzene rings is 1. The Morgan fingerprint density at radius 1 is 1.30 bits per heavy atom. The average Bonchev–Trinajstić information content (AvgIpc) is 3.22. The normalized spacial score (nSPS) is 19.6. The third kappa shape index (κ3) is 3.33. The molecule has 1 aromatic carbocycles. The second kappa shape index (κ2) is 7.33. The first-order chi connectivity index (χ1) is 13.2. The van der Waals surface area contributed by atoms with Crippen LogP contribution in [0.3, 0.4) is 0 Å². The molecule has 0 aliphatic heterocycles. The fourth-order valence-corrected chi connectivity index (χ4v) is 4.40. The third-order valence-corrected chi connectivity index (χ3v) is 6.14. The Labute approximate surface area is 160 Å². The number of hydrogen-bond acceptors (Lipinski definition) is 4. The summed E-state index contributed by atoms with van der Waals surface area (Å²) in [6, 6.07) is 7.95. The molecule has 0 bridgehead atoms. The molecule has 1 atom stereocenters. The van der Waals surface area contributed by atoms with Gasteiger partial charge < -0.3 is 10.1 Å². The van der Waals surface area contributed by atoms with E-state index in [1.807, 2.05) is 28.9 Å². The van der Waals surface area contributed by atoms with Crippen molar-refractivity contribution in [3.63, 3.8) is 0 Å². The topological polar surface area (TPSA) is 69.0 Å². The lowest BCUT2D eigenvalue weighted by molar-refractivity contribution is -0.127. The summed E-state index contributed by atoms with van der Waals surface area (Å²) in [6.45, 7) is 2.82. The molecule has 0 saturated heterocycles. The maximum absolute atomic E-state index is 13.6. The molecule has 0 spiro atoms. The molecule has 2 aliphatic rings. The molecule has 2 aliphatic carbocycles. The molecule has 2 fully saturated rings. The van der Waals surface area contributed by atoms with Crippen LogP contribution in [0.15, 0.2) is 30.6 Å². The van der Waals surface area contributed by atoms with Gasteiger partial charge in [-0.25, -0.2) is 9.67 Å². The zero-order valence-corrected chi connectivity index (χ0v) is 16.1. The van der Waals surface area contributed by atoms with Gasteiger partial charge in [0, 0.05) is 6.54 Å². The van der Waals surface area contributed by atoms with Gasteiger partial charge in [-0.1, -0.05) is 25.0 Å². The van der Waals surface area contributed by atoms with Crippen molar-refractivity contribution < 1.29 is 9.53 Å². The van der Waals surface area contributed by atoms with Gasteiger partial charge in [0.15, 0.2) is 0 Å². The minimum absolute atomic E-state index is 0.0457. The fourth-order valence-electron chi connectivity index (χ4n) is 4.40. The molecule has 6 nitrogen and oxygen atoms in total. The Balaban J connectivity index is 1.61. The number of amides is 1. The molecule has 1 unspecified atom stereocenters. The zero-order chi connectivity index (χ0) is 18.9. The summed E-state index contributed by atoms with van der Waals surface area (Å²) in [5.41, 5.74) is 0.640. The molecule has 4 rings (SSSR count). The highest BCUT2D eigenvalue weighted by Gasteiger charge is 2.45. The highest BCUT2D eigenvalue weighted by atomic mass is 16.5. The highest BCUT2D eigenvalue weighted by molar-refractivity contribution is 5.89. The lowest BCUT2D eigenvalue weighted by Gasteiger charge is -2.31. The molecule has 0 radical (unpaired) electrons. The lowest BCUT2D eigenvalue weighted by atomic mass is 9.77. The molecule has 1 amide bonds. The Morgan fingerprint density at radius 2 is 2.00 bits per heavy atom. The minimum atomic E-state index is -0.448. The van der Waals surface area contributed by atoms with Gasteiger partial charge in [-0.15, -0.1) is 0 Å². The van der Waals surface area contributed by atoms with Crippen LogP contribution in [0.5, 0.6) is 5.75 Å². The number of nitrogens with zero attached hydrogens (tertiary/aromatic N) is 3. The SMILES string of the molecule is CCn1ncnc1C(NC(=O)C1(c2ccc(OC)cc2)CCCC1)C1CC1. The molecule has 1 aromatic heterocycles. The van der Waals surface area contributed by atoms with E-state index in [-0.39, 0.29) is 11.9 Å². The number of carbonyl (C=O) groups is 1. The van der Waals surface area contributed by atoms with Crippen molar-refractivity contribution in [2.45, 2.75) is 63.5 Å². The summed E-state index contributed by atoms with van der Waals surface area (Å²) in [6.07, 6.45) is 7.81. The van der Waals surface area contributed by atoms with Gasteiger partial charge in [0.2, 0.25) is 5.91 Å². The van der Waals surface area contributed by atoms with E-state index >= 15 is 0 Å². The fraction of sp³-hybridized carbons (Fsp3) is 0.571. The second-order valence-corrected chi connectivity index (χ2v) is 7.74. The van der Waals surface area contributed by atoms with E-state index < -0.39 is 5.41 Å². The third-order valence-electron chi connectivity index (χ3n) is 6.14. The number of aryl methyl sites for hydroxylation is 1. The molecule has 27 heavy (non-hydrogen) atoms. The van der Waals surface area contributed by atoms with E-state index in [9.17, 15) is 4.79 Å². The van der Waals surface area contributed by atoms with Crippen LogP contribution in [0.25, 0.3) is 0 Å². The number of nitrogens with one attached hydrogen (secondary N) is 1. The summed E-state index contributed by atoms with van der Waals surface area (Å²) < 4.78 is 7.19. The van der Waals surface area contributed by atoms with E-state index in [1.54, 1.807) is 13.4 Å². The summed E-state index contributed by atoms with van der Waals surface area (Å²) in [5.74, 6) is 2.31. The van der Waals surface area contributed by atoms with Crippen LogP contribution >= 0.6 is 0 Å². The predicted molar refractivity (Wildman–Crippen MR) is 102 cm³/mol. The number of hydrogen-bond donors (Lipinski definition) is 1. The first-order valence-electron chi connectivity index (χ1n) is 10.0. The van der Waals surface area contributed by atoms with Crippen LogP contribution in [-0.4, -0.2) is 27.8 Å². The van der Waals surface area contributed by atoms with E-state index in [2.05, 4.69) is 22.3 Å². The standard InChI is InChI=1S/C21H28N4O2/c1-3-25-19(22-14-23-25)18(15-6-7-15)24-20(26)21(12-4-5-13-21)16-8-10-17(27-2)11-9-16/h8-11,14-15,18H,3-7,12-13H2,1-2H3,(H,24,26). The van der Waals surface area contributed by atoms with Crippen LogP contribution in [-0.2, 0) is 16.8 Å². The van der Waals surface area contributed by atoms with Crippen molar-refractivity contribution in [2.24, 2.45) is 5.92 Å². The number of ether oxygens (including phenoxy) is 1.